The Morgan fingerprint density at radius 3 is 2.44 bits per heavy atom. The van der Waals surface area contributed by atoms with Crippen LogP contribution in [0.15, 0.2) is 47.0 Å². The molecule has 3 saturated heterocycles. The number of aliphatic hydroxyl groups is 1. The van der Waals surface area contributed by atoms with Gasteiger partial charge in [0.25, 0.3) is 0 Å². The molecule has 3 aliphatic heterocycles. The van der Waals surface area contributed by atoms with Crippen molar-refractivity contribution >= 4 is 29.1 Å². The molecular weight excluding hydrogens is 823 g/mol. The summed E-state index contributed by atoms with van der Waals surface area (Å²) in [4.78, 5) is 65.7. The van der Waals surface area contributed by atoms with E-state index in [0.717, 1.165) is 5.69 Å². The predicted molar refractivity (Wildman–Crippen MR) is 224 cm³/mol. The summed E-state index contributed by atoms with van der Waals surface area (Å²) < 4.78 is 40.1. The van der Waals surface area contributed by atoms with Crippen LogP contribution < -0.4 is 0 Å². The molecule has 0 aliphatic carbocycles. The van der Waals surface area contributed by atoms with Crippen molar-refractivity contribution in [2.45, 2.75) is 142 Å². The van der Waals surface area contributed by atoms with E-state index in [1.165, 1.54) is 20.8 Å². The first-order valence-electron chi connectivity index (χ1n) is 21.4. The summed E-state index contributed by atoms with van der Waals surface area (Å²) in [5.74, 6) is -6.15. The molecular formula is C43H64N7O13+. The molecule has 2 N–H and O–H groups in total. The maximum absolute atomic E-state index is 14.6. The van der Waals surface area contributed by atoms with Crippen molar-refractivity contribution in [2.24, 2.45) is 33.9 Å². The SMILES string of the molecule is CC[C@H]1OC(=O)[C@H](C)C(=O)[C@H](C)[C@@H](O[C@@H]2O[C@H](C)C[C@H](N(C)C)[C@H]2OC(C)=O)[C@@]2(C)C[C@@H](C)C(=N[N+](=O)O)[C@H](C)[C@@H](OCC(=NOCc3ccc(-n4cccn4)cn3)CO2)[C@]1(C)O. The molecule has 2 aromatic rings. The maximum Gasteiger partial charge on any atom is 0.387 e. The van der Waals surface area contributed by atoms with Crippen molar-refractivity contribution in [1.82, 2.24) is 19.7 Å². The number of ether oxygens (including phenoxy) is 6. The van der Waals surface area contributed by atoms with Gasteiger partial charge in [-0.25, -0.2) is 9.89 Å². The van der Waals surface area contributed by atoms with E-state index in [2.05, 4.69) is 20.3 Å². The first kappa shape index (κ1) is 49.3. The normalized spacial score (nSPS) is 36.2. The van der Waals surface area contributed by atoms with Gasteiger partial charge >= 0.3 is 17.0 Å². The molecule has 0 spiro atoms. The number of Topliss-reactive ketones (excluding diaryl/α,β-unsaturated/α-hetero) is 1. The molecule has 13 atom stereocenters. The second-order valence-corrected chi connectivity index (χ2v) is 17.6. The minimum atomic E-state index is -1.97. The molecule has 0 aromatic carbocycles. The summed E-state index contributed by atoms with van der Waals surface area (Å²) in [6, 6.07) is 5.04. The fourth-order valence-corrected chi connectivity index (χ4v) is 9.05. The Kier molecular flexibility index (Phi) is 16.3. The van der Waals surface area contributed by atoms with E-state index < -0.39 is 88.3 Å². The number of carbonyl (C=O) groups excluding carboxylic acids is 3. The van der Waals surface area contributed by atoms with Crippen molar-refractivity contribution in [2.75, 3.05) is 27.3 Å². The van der Waals surface area contributed by atoms with Crippen LogP contribution in [0.3, 0.4) is 0 Å². The van der Waals surface area contributed by atoms with Gasteiger partial charge in [-0.1, -0.05) is 32.9 Å². The van der Waals surface area contributed by atoms with Crippen LogP contribution in [0.2, 0.25) is 0 Å². The van der Waals surface area contributed by atoms with E-state index >= 15 is 0 Å². The highest BCUT2D eigenvalue weighted by Gasteiger charge is 2.54. The smallest absolute Gasteiger partial charge is 0.387 e. The third-order valence-electron chi connectivity index (χ3n) is 12.3. The molecule has 0 amide bonds. The minimum Gasteiger partial charge on any atom is -0.459 e. The molecule has 5 heterocycles. The summed E-state index contributed by atoms with van der Waals surface area (Å²) in [5, 5.41) is 34.5. The molecule has 0 unspecified atom stereocenters. The van der Waals surface area contributed by atoms with Gasteiger partial charge in [-0.3, -0.25) is 19.4 Å². The predicted octanol–water partition coefficient (Wildman–Crippen LogP) is 3.81. The van der Waals surface area contributed by atoms with Crippen molar-refractivity contribution in [1.29, 1.82) is 0 Å². The molecule has 2 aromatic heterocycles. The molecule has 0 saturated carbocycles. The standard InChI is InChI=1S/C43H64N7O13/c1-12-34-43(9,54)39-26(4)35(46-50(55)56)24(2)19-42(8,58-22-31(21-57-39)47-59-23-30-14-15-32(20-44-30)49-17-13-16-45-49)38(27(5)36(52)28(6)40(53)62-34)63-41-37(61-29(7)51)33(48(10)11)18-25(3)60-41/h13-17,20,24-28,33-34,37-39,41,54H,12,18-19,21-23H2,1-11H3,(H,55,56)/q+1/t24-,25-,26+,27+,28-,33+,34-,37-,38-,39-,41+,42-,43-/m1/s1. The van der Waals surface area contributed by atoms with E-state index in [9.17, 15) is 29.6 Å². The van der Waals surface area contributed by atoms with Gasteiger partial charge in [0.05, 0.1) is 65.8 Å². The van der Waals surface area contributed by atoms with Crippen LogP contribution >= 0.6 is 0 Å². The number of fused-ring (bicyclic) bond motifs is 5. The number of nitrogens with zero attached hydrogens (tertiary/aromatic N) is 7. The molecule has 63 heavy (non-hydrogen) atoms. The molecule has 0 radical (unpaired) electrons. The van der Waals surface area contributed by atoms with Crippen molar-refractivity contribution < 1.29 is 63.0 Å². The van der Waals surface area contributed by atoms with E-state index in [0.29, 0.717) is 12.1 Å². The van der Waals surface area contributed by atoms with Crippen LogP contribution in [-0.2, 0) is 54.2 Å². The Labute approximate surface area is 367 Å². The van der Waals surface area contributed by atoms with Crippen LogP contribution in [0.4, 0.5) is 0 Å². The quantitative estimate of drug-likeness (QED) is 0.196. The monoisotopic (exact) mass is 886 g/mol. The first-order chi connectivity index (χ1) is 29.7. The molecule has 3 fully saturated rings. The van der Waals surface area contributed by atoms with E-state index in [1.807, 2.05) is 32.0 Å². The van der Waals surface area contributed by atoms with E-state index in [-0.39, 0.29) is 56.2 Å². The maximum atomic E-state index is 14.6. The fraction of sp³-hybridized carbons (Fsp3) is 0.698. The number of esters is 2. The zero-order valence-electron chi connectivity index (χ0n) is 38.1. The topological polar surface area (TPSA) is 235 Å². The number of rotatable bonds is 10. The third kappa shape index (κ3) is 11.7. The number of pyridine rings is 1. The lowest BCUT2D eigenvalue weighted by atomic mass is 9.74. The minimum absolute atomic E-state index is 0.0184. The molecule has 20 heteroatoms. The summed E-state index contributed by atoms with van der Waals surface area (Å²) in [6.07, 6.45) is -0.615. The van der Waals surface area contributed by atoms with Crippen molar-refractivity contribution in [3.8, 4) is 5.69 Å². The van der Waals surface area contributed by atoms with Crippen molar-refractivity contribution in [3.63, 3.8) is 0 Å². The second-order valence-electron chi connectivity index (χ2n) is 17.6. The second kappa shape index (κ2) is 20.8. The fourth-order valence-electron chi connectivity index (χ4n) is 9.05. The zero-order valence-corrected chi connectivity index (χ0v) is 38.1. The Morgan fingerprint density at radius 1 is 1.11 bits per heavy atom. The van der Waals surface area contributed by atoms with Crippen LogP contribution in [0.25, 0.3) is 5.69 Å². The average Bonchev–Trinajstić information content (AvgIpc) is 3.76. The van der Waals surface area contributed by atoms with Gasteiger partial charge in [-0.15, -0.1) is 0 Å². The molecule has 5 rings (SSSR count). The number of oxime groups is 1. The molecule has 2 bridgehead atoms. The number of carbonyl (C=O) groups is 3. The van der Waals surface area contributed by atoms with Crippen LogP contribution in [-0.4, -0.2) is 146 Å². The molecule has 348 valence electrons. The van der Waals surface area contributed by atoms with E-state index in [4.69, 9.17) is 33.3 Å². The number of hydrazone groups is 1. The largest absolute Gasteiger partial charge is 0.459 e. The van der Waals surface area contributed by atoms with Gasteiger partial charge in [-0.2, -0.15) is 5.10 Å². The number of ketones is 1. The Morgan fingerprint density at radius 2 is 1.84 bits per heavy atom. The van der Waals surface area contributed by atoms with Gasteiger partial charge in [0.15, 0.2) is 24.8 Å². The lowest BCUT2D eigenvalue weighted by molar-refractivity contribution is -0.796. The highest BCUT2D eigenvalue weighted by atomic mass is 16.7. The number of hydrogen-bond donors (Lipinski definition) is 2. The van der Waals surface area contributed by atoms with Crippen LogP contribution in [0.1, 0.15) is 87.3 Å². The zero-order chi connectivity index (χ0) is 46.4. The van der Waals surface area contributed by atoms with Gasteiger partial charge < -0.3 is 43.3 Å². The summed E-state index contributed by atoms with van der Waals surface area (Å²) in [6.45, 7) is 13.8. The highest BCUT2D eigenvalue weighted by molar-refractivity contribution is 6.00. The number of likely N-dealkylation sites (N-methyl/N-ethyl adjacent to an activating group) is 1. The summed E-state index contributed by atoms with van der Waals surface area (Å²) in [5.41, 5.74) is -1.90. The highest BCUT2D eigenvalue weighted by Crippen LogP contribution is 2.40. The number of cyclic esters (lactones) is 1. The molecule has 20 nitrogen and oxygen atoms in total. The number of hydrogen-bond acceptors (Lipinski definition) is 16. The van der Waals surface area contributed by atoms with Gasteiger partial charge in [0, 0.05) is 37.1 Å². The Hall–Kier alpha value is -4.73. The first-order valence-corrected chi connectivity index (χ1v) is 21.4. The summed E-state index contributed by atoms with van der Waals surface area (Å²) in [7, 11) is 3.70. The average molecular weight is 887 g/mol. The Bertz CT molecular complexity index is 1960. The third-order valence-corrected chi connectivity index (χ3v) is 12.3. The van der Waals surface area contributed by atoms with Gasteiger partial charge in [0.2, 0.25) is 0 Å². The van der Waals surface area contributed by atoms with Crippen LogP contribution in [0.5, 0.6) is 0 Å². The number of aromatic nitrogens is 3. The van der Waals surface area contributed by atoms with Crippen molar-refractivity contribution in [3.05, 3.63) is 47.4 Å². The summed E-state index contributed by atoms with van der Waals surface area (Å²) >= 11 is 0. The van der Waals surface area contributed by atoms with Crippen LogP contribution in [0, 0.1) is 28.6 Å². The van der Waals surface area contributed by atoms with E-state index in [1.54, 1.807) is 70.0 Å². The molecule has 3 aliphatic rings. The van der Waals surface area contributed by atoms with Gasteiger partial charge in [0.1, 0.15) is 34.0 Å². The Balaban J connectivity index is 1.66. The van der Waals surface area contributed by atoms with Gasteiger partial charge in [-0.05, 0) is 79.3 Å². The lowest BCUT2D eigenvalue weighted by Gasteiger charge is -2.48. The lowest BCUT2D eigenvalue weighted by Crippen LogP contribution is -2.60.